The van der Waals surface area contributed by atoms with Gasteiger partial charge in [-0.05, 0) is 30.0 Å². The lowest BCUT2D eigenvalue weighted by atomic mass is 10.1. The summed E-state index contributed by atoms with van der Waals surface area (Å²) in [5, 5.41) is 9.07. The van der Waals surface area contributed by atoms with Crippen molar-refractivity contribution in [3.8, 4) is 0 Å². The fraction of sp³-hybridized carbons (Fsp3) is 0.200. The first-order valence-corrected chi connectivity index (χ1v) is 7.13. The van der Waals surface area contributed by atoms with Crippen molar-refractivity contribution in [3.05, 3.63) is 58.3 Å². The maximum absolute atomic E-state index is 4.44. The molecule has 2 heterocycles. The van der Waals surface area contributed by atoms with Crippen LogP contribution in [-0.4, -0.2) is 9.97 Å². The minimum Gasteiger partial charge on any atom is -0.306 e. The summed E-state index contributed by atoms with van der Waals surface area (Å²) in [4.78, 5) is 8.56. The molecular weight excluding hydrogens is 254 g/mol. The second-order valence-corrected chi connectivity index (χ2v) is 5.49. The topological polar surface area (TPSA) is 37.8 Å². The van der Waals surface area contributed by atoms with E-state index in [-0.39, 0.29) is 0 Å². The number of nitrogens with one attached hydrogen (secondary N) is 1. The highest BCUT2D eigenvalue weighted by Gasteiger charge is 1.99. The van der Waals surface area contributed by atoms with Crippen LogP contribution in [0.3, 0.4) is 0 Å². The molecule has 1 aromatic carbocycles. The maximum Gasteiger partial charge on any atom is 0.107 e. The zero-order valence-electron chi connectivity index (χ0n) is 10.8. The lowest BCUT2D eigenvalue weighted by Gasteiger charge is -2.04. The Kier molecular flexibility index (Phi) is 3.53. The van der Waals surface area contributed by atoms with Crippen molar-refractivity contribution in [2.24, 2.45) is 0 Å². The standard InChI is InChI=1S/C15H15N3S/c1-11-10-19-15(18-11)9-17-7-12-2-3-14-8-16-5-4-13(14)6-12/h2-6,8,10,17H,7,9H2,1H3. The molecule has 96 valence electrons. The monoisotopic (exact) mass is 269 g/mol. The number of rotatable bonds is 4. The van der Waals surface area contributed by atoms with E-state index in [1.807, 2.05) is 25.4 Å². The molecule has 0 spiro atoms. The van der Waals surface area contributed by atoms with E-state index in [4.69, 9.17) is 0 Å². The zero-order valence-corrected chi connectivity index (χ0v) is 11.6. The van der Waals surface area contributed by atoms with E-state index in [1.165, 1.54) is 16.3 Å². The van der Waals surface area contributed by atoms with Crippen LogP contribution < -0.4 is 5.32 Å². The predicted octanol–water partition coefficient (Wildman–Crippen LogP) is 3.29. The lowest BCUT2D eigenvalue weighted by Crippen LogP contribution is -2.12. The molecule has 0 bridgehead atoms. The van der Waals surface area contributed by atoms with E-state index < -0.39 is 0 Å². The average Bonchev–Trinajstić information content (AvgIpc) is 2.84. The SMILES string of the molecule is Cc1csc(CNCc2ccc3cnccc3c2)n1. The summed E-state index contributed by atoms with van der Waals surface area (Å²) >= 11 is 1.71. The van der Waals surface area contributed by atoms with Gasteiger partial charge in [0.15, 0.2) is 0 Å². The minimum atomic E-state index is 0.826. The molecular formula is C15H15N3S. The van der Waals surface area contributed by atoms with Gasteiger partial charge in [0, 0.05) is 41.9 Å². The Morgan fingerprint density at radius 1 is 1.16 bits per heavy atom. The second kappa shape index (κ2) is 5.47. The molecule has 2 aromatic heterocycles. The largest absolute Gasteiger partial charge is 0.306 e. The number of nitrogens with zero attached hydrogens (tertiary/aromatic N) is 2. The van der Waals surface area contributed by atoms with E-state index in [1.54, 1.807) is 11.3 Å². The maximum atomic E-state index is 4.44. The summed E-state index contributed by atoms with van der Waals surface area (Å²) in [6.07, 6.45) is 3.72. The van der Waals surface area contributed by atoms with Crippen molar-refractivity contribution in [1.29, 1.82) is 0 Å². The summed E-state index contributed by atoms with van der Waals surface area (Å²) < 4.78 is 0. The summed E-state index contributed by atoms with van der Waals surface area (Å²) in [5.74, 6) is 0. The highest BCUT2D eigenvalue weighted by Crippen LogP contribution is 2.14. The number of pyridine rings is 1. The van der Waals surface area contributed by atoms with E-state index in [0.29, 0.717) is 0 Å². The molecule has 0 saturated heterocycles. The van der Waals surface area contributed by atoms with Crippen molar-refractivity contribution in [1.82, 2.24) is 15.3 Å². The Morgan fingerprint density at radius 2 is 2.11 bits per heavy atom. The number of hydrogen-bond donors (Lipinski definition) is 1. The van der Waals surface area contributed by atoms with Gasteiger partial charge < -0.3 is 5.32 Å². The first-order valence-electron chi connectivity index (χ1n) is 6.26. The van der Waals surface area contributed by atoms with Crippen LogP contribution in [0.15, 0.2) is 42.0 Å². The molecule has 0 saturated carbocycles. The smallest absolute Gasteiger partial charge is 0.107 e. The normalized spacial score (nSPS) is 11.0. The number of hydrogen-bond acceptors (Lipinski definition) is 4. The van der Waals surface area contributed by atoms with Crippen molar-refractivity contribution in [3.63, 3.8) is 0 Å². The second-order valence-electron chi connectivity index (χ2n) is 4.54. The Labute approximate surface area is 116 Å². The van der Waals surface area contributed by atoms with Gasteiger partial charge in [0.05, 0.1) is 0 Å². The average molecular weight is 269 g/mol. The molecule has 0 atom stereocenters. The van der Waals surface area contributed by atoms with Gasteiger partial charge in [-0.25, -0.2) is 4.98 Å². The molecule has 0 unspecified atom stereocenters. The van der Waals surface area contributed by atoms with Gasteiger partial charge in [0.25, 0.3) is 0 Å². The van der Waals surface area contributed by atoms with Crippen LogP contribution in [0.1, 0.15) is 16.3 Å². The molecule has 3 aromatic rings. The molecule has 0 amide bonds. The predicted molar refractivity (Wildman–Crippen MR) is 79.1 cm³/mol. The highest BCUT2D eigenvalue weighted by atomic mass is 32.1. The zero-order chi connectivity index (χ0) is 13.1. The molecule has 0 radical (unpaired) electrons. The van der Waals surface area contributed by atoms with Gasteiger partial charge in [0.1, 0.15) is 5.01 Å². The molecule has 0 aliphatic carbocycles. The fourth-order valence-corrected chi connectivity index (χ4v) is 2.78. The molecule has 1 N–H and O–H groups in total. The Hall–Kier alpha value is -1.78. The van der Waals surface area contributed by atoms with Gasteiger partial charge in [-0.1, -0.05) is 12.1 Å². The van der Waals surface area contributed by atoms with Gasteiger partial charge in [-0.2, -0.15) is 0 Å². The Morgan fingerprint density at radius 3 is 2.95 bits per heavy atom. The third-order valence-electron chi connectivity index (χ3n) is 2.98. The molecule has 0 fully saturated rings. The van der Waals surface area contributed by atoms with Crippen LogP contribution in [0.5, 0.6) is 0 Å². The van der Waals surface area contributed by atoms with Gasteiger partial charge in [-0.15, -0.1) is 11.3 Å². The van der Waals surface area contributed by atoms with E-state index in [0.717, 1.165) is 23.8 Å². The third kappa shape index (κ3) is 2.97. The third-order valence-corrected chi connectivity index (χ3v) is 3.94. The first kappa shape index (κ1) is 12.3. The van der Waals surface area contributed by atoms with Crippen LogP contribution >= 0.6 is 11.3 Å². The van der Waals surface area contributed by atoms with Crippen molar-refractivity contribution < 1.29 is 0 Å². The fourth-order valence-electron chi connectivity index (χ4n) is 2.04. The summed E-state index contributed by atoms with van der Waals surface area (Å²) in [6.45, 7) is 3.71. The van der Waals surface area contributed by atoms with E-state index in [2.05, 4.69) is 38.9 Å². The first-order chi connectivity index (χ1) is 9.31. The Balaban J connectivity index is 1.65. The summed E-state index contributed by atoms with van der Waals surface area (Å²) in [5.41, 5.74) is 2.38. The number of benzene rings is 1. The highest BCUT2D eigenvalue weighted by molar-refractivity contribution is 7.09. The lowest BCUT2D eigenvalue weighted by molar-refractivity contribution is 0.689. The van der Waals surface area contributed by atoms with Crippen molar-refractivity contribution in [2.45, 2.75) is 20.0 Å². The molecule has 0 aliphatic heterocycles. The number of fused-ring (bicyclic) bond motifs is 1. The summed E-state index contributed by atoms with van der Waals surface area (Å²) in [7, 11) is 0. The molecule has 3 nitrogen and oxygen atoms in total. The van der Waals surface area contributed by atoms with Gasteiger partial charge in [0.2, 0.25) is 0 Å². The van der Waals surface area contributed by atoms with E-state index in [9.17, 15) is 0 Å². The molecule has 4 heteroatoms. The van der Waals surface area contributed by atoms with Crippen LogP contribution in [0, 0.1) is 6.92 Å². The van der Waals surface area contributed by atoms with Crippen LogP contribution in [0.25, 0.3) is 10.8 Å². The van der Waals surface area contributed by atoms with Gasteiger partial charge >= 0.3 is 0 Å². The molecule has 3 rings (SSSR count). The van der Waals surface area contributed by atoms with Crippen LogP contribution in [0.4, 0.5) is 0 Å². The molecule has 19 heavy (non-hydrogen) atoms. The van der Waals surface area contributed by atoms with E-state index >= 15 is 0 Å². The molecule has 0 aliphatic rings. The van der Waals surface area contributed by atoms with Crippen molar-refractivity contribution >= 4 is 22.1 Å². The van der Waals surface area contributed by atoms with Crippen molar-refractivity contribution in [2.75, 3.05) is 0 Å². The van der Waals surface area contributed by atoms with Gasteiger partial charge in [-0.3, -0.25) is 4.98 Å². The van der Waals surface area contributed by atoms with Crippen LogP contribution in [0.2, 0.25) is 0 Å². The Bertz CT molecular complexity index is 690. The van der Waals surface area contributed by atoms with Crippen LogP contribution in [-0.2, 0) is 13.1 Å². The number of aromatic nitrogens is 2. The minimum absolute atomic E-state index is 0.826. The number of aryl methyl sites for hydroxylation is 1. The number of thiazole rings is 1. The quantitative estimate of drug-likeness (QED) is 0.789. The summed E-state index contributed by atoms with van der Waals surface area (Å²) in [6, 6.07) is 8.51.